The Morgan fingerprint density at radius 3 is 2.54 bits per heavy atom. The van der Waals surface area contributed by atoms with Crippen LogP contribution in [0, 0.1) is 5.92 Å². The average Bonchev–Trinajstić information content (AvgIpc) is 2.85. The van der Waals surface area contributed by atoms with E-state index in [1.54, 1.807) is 0 Å². The van der Waals surface area contributed by atoms with Crippen molar-refractivity contribution < 1.29 is 4.79 Å². The molecular formula is C23H24BrN3O. The predicted octanol–water partition coefficient (Wildman–Crippen LogP) is 4.49. The second-order valence-electron chi connectivity index (χ2n) is 7.51. The average molecular weight is 438 g/mol. The summed E-state index contributed by atoms with van der Waals surface area (Å²) in [4.78, 5) is 20.1. The number of nitrogens with zero attached hydrogens (tertiary/aromatic N) is 2. The first kappa shape index (κ1) is 18.9. The Kier molecular flexibility index (Phi) is 5.36. The van der Waals surface area contributed by atoms with Gasteiger partial charge in [0, 0.05) is 28.8 Å². The topological polar surface area (TPSA) is 44.7 Å². The molecule has 1 amide bonds. The predicted molar refractivity (Wildman–Crippen MR) is 116 cm³/mol. The lowest BCUT2D eigenvalue weighted by molar-refractivity contribution is -0.124. The van der Waals surface area contributed by atoms with E-state index in [1.807, 2.05) is 35.2 Å². The van der Waals surface area contributed by atoms with E-state index in [4.69, 9.17) is 0 Å². The van der Waals surface area contributed by atoms with Crippen molar-refractivity contribution in [1.82, 2.24) is 10.2 Å². The van der Waals surface area contributed by atoms with Crippen molar-refractivity contribution in [3.63, 3.8) is 0 Å². The van der Waals surface area contributed by atoms with Gasteiger partial charge in [0.1, 0.15) is 5.71 Å². The largest absolute Gasteiger partial charge is 0.386 e. The second kappa shape index (κ2) is 7.92. The molecule has 2 aromatic rings. The number of fused-ring (bicyclic) bond motifs is 1. The molecule has 1 unspecified atom stereocenters. The number of likely N-dealkylation sites (tertiary alicyclic amines) is 1. The minimum atomic E-state index is -0.137. The van der Waals surface area contributed by atoms with E-state index >= 15 is 0 Å². The zero-order chi connectivity index (χ0) is 19.7. The normalized spacial score (nSPS) is 19.4. The quantitative estimate of drug-likeness (QED) is 0.765. The van der Waals surface area contributed by atoms with Gasteiger partial charge in [0.25, 0.3) is 5.91 Å². The Bertz CT molecular complexity index is 932. The number of hydrogen-bond donors (Lipinski definition) is 1. The molecule has 1 atom stereocenters. The molecule has 2 heterocycles. The van der Waals surface area contributed by atoms with Crippen LogP contribution in [0.15, 0.2) is 75.3 Å². The number of carbonyl (C=O) groups is 1. The molecule has 0 saturated carbocycles. The maximum Gasteiger partial charge on any atom is 0.273 e. The molecule has 2 aromatic carbocycles. The van der Waals surface area contributed by atoms with Crippen molar-refractivity contribution in [3.8, 4) is 0 Å². The van der Waals surface area contributed by atoms with Crippen LogP contribution in [0.4, 0.5) is 0 Å². The van der Waals surface area contributed by atoms with Crippen LogP contribution in [-0.4, -0.2) is 29.6 Å². The molecule has 5 heteroatoms. The standard InChI is InChI=1S/C23H24BrN3O/c1-15(2)20-19-21(26-13-12-25-20)23(28)27(14-16-6-4-3-5-7-16)22(19)17-8-10-18(24)11-9-17/h3-11,15,22,25H,12-14H2,1-2H3. The highest BCUT2D eigenvalue weighted by Crippen LogP contribution is 2.40. The number of halogens is 1. The minimum absolute atomic E-state index is 0.0219. The van der Waals surface area contributed by atoms with Gasteiger partial charge < -0.3 is 10.2 Å². The smallest absolute Gasteiger partial charge is 0.273 e. The molecule has 28 heavy (non-hydrogen) atoms. The van der Waals surface area contributed by atoms with E-state index in [-0.39, 0.29) is 11.9 Å². The highest BCUT2D eigenvalue weighted by molar-refractivity contribution is 9.10. The molecule has 1 saturated heterocycles. The zero-order valence-corrected chi connectivity index (χ0v) is 17.7. The summed E-state index contributed by atoms with van der Waals surface area (Å²) in [6.07, 6.45) is 0. The second-order valence-corrected chi connectivity index (χ2v) is 8.43. The molecule has 144 valence electrons. The van der Waals surface area contributed by atoms with Gasteiger partial charge in [-0.15, -0.1) is 0 Å². The molecular weight excluding hydrogens is 414 g/mol. The van der Waals surface area contributed by atoms with Gasteiger partial charge in [-0.25, -0.2) is 0 Å². The summed E-state index contributed by atoms with van der Waals surface area (Å²) in [7, 11) is 0. The van der Waals surface area contributed by atoms with Crippen LogP contribution in [0.3, 0.4) is 0 Å². The fraction of sp³-hybridized carbons (Fsp3) is 0.304. The van der Waals surface area contributed by atoms with Crippen LogP contribution < -0.4 is 5.32 Å². The molecule has 0 aliphatic carbocycles. The Hall–Kier alpha value is -2.40. The summed E-state index contributed by atoms with van der Waals surface area (Å²) in [5.74, 6) is 0.314. The maximum atomic E-state index is 13.4. The fourth-order valence-electron chi connectivity index (χ4n) is 3.98. The van der Waals surface area contributed by atoms with Gasteiger partial charge in [0.15, 0.2) is 0 Å². The molecule has 0 bridgehead atoms. The van der Waals surface area contributed by atoms with Crippen LogP contribution in [0.25, 0.3) is 0 Å². The Balaban J connectivity index is 1.87. The molecule has 2 aliphatic rings. The number of hydrogen-bond acceptors (Lipinski definition) is 3. The summed E-state index contributed by atoms with van der Waals surface area (Å²) in [5, 5.41) is 3.55. The number of rotatable bonds is 4. The summed E-state index contributed by atoms with van der Waals surface area (Å²) in [6, 6.07) is 18.3. The lowest BCUT2D eigenvalue weighted by Crippen LogP contribution is -2.30. The van der Waals surface area contributed by atoms with Gasteiger partial charge in [-0.3, -0.25) is 9.79 Å². The van der Waals surface area contributed by atoms with E-state index in [2.05, 4.69) is 64.4 Å². The van der Waals surface area contributed by atoms with Crippen molar-refractivity contribution in [2.24, 2.45) is 10.9 Å². The number of allylic oxidation sites excluding steroid dienone is 1. The lowest BCUT2D eigenvalue weighted by atomic mass is 9.92. The first-order chi connectivity index (χ1) is 13.6. The van der Waals surface area contributed by atoms with Crippen LogP contribution >= 0.6 is 15.9 Å². The molecule has 0 spiro atoms. The van der Waals surface area contributed by atoms with E-state index in [0.29, 0.717) is 24.7 Å². The summed E-state index contributed by atoms with van der Waals surface area (Å²) >= 11 is 3.52. The maximum absolute atomic E-state index is 13.4. The Labute approximate surface area is 174 Å². The van der Waals surface area contributed by atoms with E-state index in [0.717, 1.165) is 33.4 Å². The molecule has 0 radical (unpaired) electrons. The van der Waals surface area contributed by atoms with Crippen molar-refractivity contribution in [1.29, 1.82) is 0 Å². The Morgan fingerprint density at radius 2 is 1.86 bits per heavy atom. The monoisotopic (exact) mass is 437 g/mol. The van der Waals surface area contributed by atoms with Crippen LogP contribution in [0.5, 0.6) is 0 Å². The van der Waals surface area contributed by atoms with E-state index < -0.39 is 0 Å². The number of carbonyl (C=O) groups excluding carboxylic acids is 1. The first-order valence-electron chi connectivity index (χ1n) is 9.69. The van der Waals surface area contributed by atoms with Gasteiger partial charge in [-0.05, 0) is 29.2 Å². The van der Waals surface area contributed by atoms with Crippen LogP contribution in [0.2, 0.25) is 0 Å². The van der Waals surface area contributed by atoms with Crippen LogP contribution in [0.1, 0.15) is 31.0 Å². The fourth-order valence-corrected chi connectivity index (χ4v) is 4.25. The molecule has 0 aromatic heterocycles. The van der Waals surface area contributed by atoms with Crippen LogP contribution in [-0.2, 0) is 11.3 Å². The number of nitrogens with one attached hydrogen (secondary N) is 1. The third kappa shape index (κ3) is 3.51. The van der Waals surface area contributed by atoms with Crippen molar-refractivity contribution in [2.75, 3.05) is 13.1 Å². The third-order valence-electron chi connectivity index (χ3n) is 5.25. The molecule has 2 aliphatic heterocycles. The first-order valence-corrected chi connectivity index (χ1v) is 10.5. The van der Waals surface area contributed by atoms with E-state index in [1.165, 1.54) is 0 Å². The molecule has 1 N–H and O–H groups in total. The van der Waals surface area contributed by atoms with Gasteiger partial charge in [0.2, 0.25) is 0 Å². The SMILES string of the molecule is CC(C)C1=C2C(=NCCN1)C(=O)N(Cc1ccccc1)C2c1ccc(Br)cc1. The Morgan fingerprint density at radius 1 is 1.14 bits per heavy atom. The highest BCUT2D eigenvalue weighted by atomic mass is 79.9. The highest BCUT2D eigenvalue weighted by Gasteiger charge is 2.44. The third-order valence-corrected chi connectivity index (χ3v) is 5.78. The lowest BCUT2D eigenvalue weighted by Gasteiger charge is -2.27. The summed E-state index contributed by atoms with van der Waals surface area (Å²) in [5.41, 5.74) is 5.02. The molecule has 4 nitrogen and oxygen atoms in total. The summed E-state index contributed by atoms with van der Waals surface area (Å²) < 4.78 is 1.03. The van der Waals surface area contributed by atoms with Crippen molar-refractivity contribution in [2.45, 2.75) is 26.4 Å². The van der Waals surface area contributed by atoms with Gasteiger partial charge in [-0.2, -0.15) is 0 Å². The number of amides is 1. The minimum Gasteiger partial charge on any atom is -0.386 e. The molecule has 4 rings (SSSR count). The van der Waals surface area contributed by atoms with Gasteiger partial charge in [0.05, 0.1) is 12.6 Å². The van der Waals surface area contributed by atoms with Crippen molar-refractivity contribution >= 4 is 27.5 Å². The summed E-state index contributed by atoms with van der Waals surface area (Å²) in [6.45, 7) is 6.28. The zero-order valence-electron chi connectivity index (χ0n) is 16.2. The number of aliphatic imine (C=N–C) groups is 1. The molecule has 1 fully saturated rings. The van der Waals surface area contributed by atoms with Gasteiger partial charge in [-0.1, -0.05) is 72.2 Å². The van der Waals surface area contributed by atoms with Crippen molar-refractivity contribution in [3.05, 3.63) is 81.5 Å². The van der Waals surface area contributed by atoms with E-state index in [9.17, 15) is 4.79 Å². The van der Waals surface area contributed by atoms with Gasteiger partial charge >= 0.3 is 0 Å². The number of benzene rings is 2.